The van der Waals surface area contributed by atoms with E-state index in [2.05, 4.69) is 10.3 Å². The second-order valence-corrected chi connectivity index (χ2v) is 4.13. The maximum Gasteiger partial charge on any atom is 0.101 e. The van der Waals surface area contributed by atoms with Crippen molar-refractivity contribution >= 4 is 0 Å². The standard InChI is InChI=1S/C12H20N2O2/c1-10-4-5-11(8-14-10)12(2,15)9-13-6-7-16-3/h4-5,8,13,15H,6-7,9H2,1-3H3. The van der Waals surface area contributed by atoms with E-state index in [0.717, 1.165) is 17.8 Å². The Bertz CT molecular complexity index is 309. The van der Waals surface area contributed by atoms with Gasteiger partial charge < -0.3 is 15.2 Å². The van der Waals surface area contributed by atoms with Crippen LogP contribution in [-0.4, -0.2) is 36.9 Å². The number of methoxy groups -OCH3 is 1. The molecular formula is C12H20N2O2. The van der Waals surface area contributed by atoms with Gasteiger partial charge in [-0.1, -0.05) is 6.07 Å². The van der Waals surface area contributed by atoms with Gasteiger partial charge in [0.25, 0.3) is 0 Å². The summed E-state index contributed by atoms with van der Waals surface area (Å²) >= 11 is 0. The van der Waals surface area contributed by atoms with Crippen LogP contribution in [0.4, 0.5) is 0 Å². The first-order valence-electron chi connectivity index (χ1n) is 5.41. The molecule has 0 amide bonds. The molecular weight excluding hydrogens is 204 g/mol. The van der Waals surface area contributed by atoms with Crippen molar-refractivity contribution in [1.82, 2.24) is 10.3 Å². The molecule has 16 heavy (non-hydrogen) atoms. The molecule has 4 heteroatoms. The average molecular weight is 224 g/mol. The van der Waals surface area contributed by atoms with Gasteiger partial charge in [-0.15, -0.1) is 0 Å². The molecule has 0 aromatic carbocycles. The van der Waals surface area contributed by atoms with E-state index in [1.165, 1.54) is 0 Å². The molecule has 4 nitrogen and oxygen atoms in total. The van der Waals surface area contributed by atoms with Crippen LogP contribution in [0.2, 0.25) is 0 Å². The van der Waals surface area contributed by atoms with E-state index in [0.29, 0.717) is 13.2 Å². The maximum absolute atomic E-state index is 10.2. The molecule has 1 aromatic heterocycles. The van der Waals surface area contributed by atoms with Crippen molar-refractivity contribution in [2.45, 2.75) is 19.4 Å². The van der Waals surface area contributed by atoms with Gasteiger partial charge in [-0.2, -0.15) is 0 Å². The topological polar surface area (TPSA) is 54.4 Å². The molecule has 0 fully saturated rings. The van der Waals surface area contributed by atoms with Crippen LogP contribution >= 0.6 is 0 Å². The van der Waals surface area contributed by atoms with Crippen molar-refractivity contribution in [2.24, 2.45) is 0 Å². The van der Waals surface area contributed by atoms with Gasteiger partial charge in [0, 0.05) is 37.7 Å². The Balaban J connectivity index is 2.52. The first-order valence-corrected chi connectivity index (χ1v) is 5.41. The van der Waals surface area contributed by atoms with E-state index < -0.39 is 5.60 Å². The average Bonchev–Trinajstić information content (AvgIpc) is 2.25. The zero-order valence-corrected chi connectivity index (χ0v) is 10.2. The molecule has 0 saturated heterocycles. The fraction of sp³-hybridized carbons (Fsp3) is 0.583. The molecule has 1 heterocycles. The minimum Gasteiger partial charge on any atom is -0.384 e. The lowest BCUT2D eigenvalue weighted by molar-refractivity contribution is 0.0546. The number of nitrogens with zero attached hydrogens (tertiary/aromatic N) is 1. The predicted molar refractivity (Wildman–Crippen MR) is 63.3 cm³/mol. The Hall–Kier alpha value is -0.970. The number of nitrogens with one attached hydrogen (secondary N) is 1. The summed E-state index contributed by atoms with van der Waals surface area (Å²) < 4.78 is 4.92. The first kappa shape index (κ1) is 13.1. The number of pyridine rings is 1. The monoisotopic (exact) mass is 224 g/mol. The van der Waals surface area contributed by atoms with Crippen LogP contribution in [0, 0.1) is 6.92 Å². The molecule has 0 aliphatic rings. The third kappa shape index (κ3) is 3.89. The highest BCUT2D eigenvalue weighted by molar-refractivity contribution is 5.20. The van der Waals surface area contributed by atoms with Gasteiger partial charge in [0.05, 0.1) is 6.61 Å². The number of ether oxygens (including phenoxy) is 1. The van der Waals surface area contributed by atoms with E-state index in [-0.39, 0.29) is 0 Å². The minimum absolute atomic E-state index is 0.487. The van der Waals surface area contributed by atoms with Crippen molar-refractivity contribution in [3.05, 3.63) is 29.6 Å². The number of aromatic nitrogens is 1. The predicted octanol–water partition coefficient (Wildman–Crippen LogP) is 0.834. The van der Waals surface area contributed by atoms with Gasteiger partial charge in [0.2, 0.25) is 0 Å². The normalized spacial score (nSPS) is 14.8. The van der Waals surface area contributed by atoms with Gasteiger partial charge in [0.15, 0.2) is 0 Å². The summed E-state index contributed by atoms with van der Waals surface area (Å²) in [6, 6.07) is 3.80. The highest BCUT2D eigenvalue weighted by Gasteiger charge is 2.22. The number of aliphatic hydroxyl groups is 1. The Morgan fingerprint density at radius 1 is 1.50 bits per heavy atom. The lowest BCUT2D eigenvalue weighted by Crippen LogP contribution is -2.36. The summed E-state index contributed by atoms with van der Waals surface area (Å²) in [5.74, 6) is 0. The molecule has 90 valence electrons. The van der Waals surface area contributed by atoms with E-state index in [1.807, 2.05) is 19.1 Å². The number of hydrogen-bond acceptors (Lipinski definition) is 4. The van der Waals surface area contributed by atoms with Gasteiger partial charge in [0.1, 0.15) is 5.60 Å². The van der Waals surface area contributed by atoms with Crippen LogP contribution in [-0.2, 0) is 10.3 Å². The summed E-state index contributed by atoms with van der Waals surface area (Å²) in [7, 11) is 1.66. The summed E-state index contributed by atoms with van der Waals surface area (Å²) in [4.78, 5) is 4.18. The van der Waals surface area contributed by atoms with Gasteiger partial charge in [-0.05, 0) is 19.9 Å². The van der Waals surface area contributed by atoms with E-state index in [1.54, 1.807) is 20.2 Å². The molecule has 0 aliphatic heterocycles. The third-order valence-electron chi connectivity index (χ3n) is 2.49. The highest BCUT2D eigenvalue weighted by atomic mass is 16.5. The Morgan fingerprint density at radius 2 is 2.25 bits per heavy atom. The van der Waals surface area contributed by atoms with Crippen molar-refractivity contribution in [2.75, 3.05) is 26.8 Å². The largest absolute Gasteiger partial charge is 0.384 e. The van der Waals surface area contributed by atoms with E-state index >= 15 is 0 Å². The van der Waals surface area contributed by atoms with Gasteiger partial charge in [-0.25, -0.2) is 0 Å². The molecule has 1 unspecified atom stereocenters. The lowest BCUT2D eigenvalue weighted by atomic mass is 9.97. The Labute approximate surface area is 96.7 Å². The van der Waals surface area contributed by atoms with E-state index in [4.69, 9.17) is 4.74 Å². The van der Waals surface area contributed by atoms with Crippen molar-refractivity contribution < 1.29 is 9.84 Å². The molecule has 2 N–H and O–H groups in total. The maximum atomic E-state index is 10.2. The summed E-state index contributed by atoms with van der Waals surface area (Å²) in [6.45, 7) is 5.56. The number of rotatable bonds is 6. The summed E-state index contributed by atoms with van der Waals surface area (Å²) in [5, 5.41) is 13.4. The van der Waals surface area contributed by atoms with Crippen molar-refractivity contribution in [3.8, 4) is 0 Å². The van der Waals surface area contributed by atoms with Gasteiger partial charge >= 0.3 is 0 Å². The first-order chi connectivity index (χ1) is 7.56. The molecule has 1 aromatic rings. The van der Waals surface area contributed by atoms with Crippen LogP contribution in [0.3, 0.4) is 0 Å². The SMILES string of the molecule is COCCNCC(C)(O)c1ccc(C)nc1. The van der Waals surface area contributed by atoms with Crippen LogP contribution < -0.4 is 5.32 Å². The fourth-order valence-corrected chi connectivity index (χ4v) is 1.39. The lowest BCUT2D eigenvalue weighted by Gasteiger charge is -2.24. The summed E-state index contributed by atoms with van der Waals surface area (Å²) in [6.07, 6.45) is 1.72. The molecule has 1 rings (SSSR count). The number of aryl methyl sites for hydroxylation is 1. The minimum atomic E-state index is -0.894. The second kappa shape index (κ2) is 5.94. The zero-order valence-electron chi connectivity index (χ0n) is 10.2. The molecule has 0 spiro atoms. The fourth-order valence-electron chi connectivity index (χ4n) is 1.39. The van der Waals surface area contributed by atoms with Crippen molar-refractivity contribution in [1.29, 1.82) is 0 Å². The van der Waals surface area contributed by atoms with Crippen LogP contribution in [0.1, 0.15) is 18.2 Å². The molecule has 0 bridgehead atoms. The molecule has 0 radical (unpaired) electrons. The summed E-state index contributed by atoms with van der Waals surface area (Å²) in [5.41, 5.74) is 0.879. The zero-order chi connectivity index (χ0) is 12.0. The van der Waals surface area contributed by atoms with Crippen LogP contribution in [0.5, 0.6) is 0 Å². The quantitative estimate of drug-likeness (QED) is 0.703. The number of hydrogen-bond donors (Lipinski definition) is 2. The van der Waals surface area contributed by atoms with Crippen LogP contribution in [0.15, 0.2) is 18.3 Å². The molecule has 0 saturated carbocycles. The van der Waals surface area contributed by atoms with Crippen molar-refractivity contribution in [3.63, 3.8) is 0 Å². The second-order valence-electron chi connectivity index (χ2n) is 4.13. The smallest absolute Gasteiger partial charge is 0.101 e. The molecule has 1 atom stereocenters. The van der Waals surface area contributed by atoms with Gasteiger partial charge in [-0.3, -0.25) is 4.98 Å². The Kier molecular flexibility index (Phi) is 4.86. The van der Waals surface area contributed by atoms with Crippen LogP contribution in [0.25, 0.3) is 0 Å². The third-order valence-corrected chi connectivity index (χ3v) is 2.49. The Morgan fingerprint density at radius 3 is 2.81 bits per heavy atom. The molecule has 0 aliphatic carbocycles. The van der Waals surface area contributed by atoms with E-state index in [9.17, 15) is 5.11 Å². The highest BCUT2D eigenvalue weighted by Crippen LogP contribution is 2.18.